The molecule has 4 rings (SSSR count). The van der Waals surface area contributed by atoms with Gasteiger partial charge in [0.15, 0.2) is 0 Å². The second kappa shape index (κ2) is 8.84. The average Bonchev–Trinajstić information content (AvgIpc) is 2.88. The van der Waals surface area contributed by atoms with E-state index < -0.39 is 11.6 Å². The number of fused-ring (bicyclic) bond motifs is 3. The highest BCUT2D eigenvalue weighted by Gasteiger charge is 2.31. The number of rotatable bonds is 5. The third kappa shape index (κ3) is 3.87. The van der Waals surface area contributed by atoms with E-state index in [2.05, 4.69) is 9.98 Å². The van der Waals surface area contributed by atoms with Crippen molar-refractivity contribution in [3.05, 3.63) is 74.9 Å². The highest BCUT2D eigenvalue weighted by atomic mass is 35.5. The zero-order valence-corrected chi connectivity index (χ0v) is 17.8. The molecule has 2 aromatic rings. The number of ether oxygens (including phenoxy) is 1. The van der Waals surface area contributed by atoms with Crippen molar-refractivity contribution >= 4 is 40.4 Å². The van der Waals surface area contributed by atoms with Crippen LogP contribution in [0.5, 0.6) is 0 Å². The highest BCUT2D eigenvalue weighted by Crippen LogP contribution is 2.39. The van der Waals surface area contributed by atoms with E-state index in [9.17, 15) is 8.78 Å². The molecule has 2 aliphatic heterocycles. The normalized spacial score (nSPS) is 15.6. The number of hydrogen-bond acceptors (Lipinski definition) is 4. The van der Waals surface area contributed by atoms with Crippen LogP contribution in [0.3, 0.4) is 0 Å². The maximum absolute atomic E-state index is 14.6. The quantitative estimate of drug-likeness (QED) is 0.552. The predicted molar refractivity (Wildman–Crippen MR) is 117 cm³/mol. The molecule has 0 bridgehead atoms. The summed E-state index contributed by atoms with van der Waals surface area (Å²) in [4.78, 5) is 11.0. The van der Waals surface area contributed by atoms with Crippen LogP contribution in [0, 0.1) is 11.6 Å². The van der Waals surface area contributed by atoms with Crippen LogP contribution < -0.4 is 4.90 Å². The van der Waals surface area contributed by atoms with Gasteiger partial charge in [0.1, 0.15) is 17.5 Å². The third-order valence-corrected chi connectivity index (χ3v) is 5.82. The Morgan fingerprint density at radius 1 is 1.10 bits per heavy atom. The van der Waals surface area contributed by atoms with Gasteiger partial charge in [-0.05, 0) is 43.2 Å². The van der Waals surface area contributed by atoms with Gasteiger partial charge in [0.05, 0.1) is 40.2 Å². The van der Waals surface area contributed by atoms with Gasteiger partial charge in [-0.25, -0.2) is 13.8 Å². The van der Waals surface area contributed by atoms with E-state index in [4.69, 9.17) is 27.9 Å². The number of benzene rings is 2. The summed E-state index contributed by atoms with van der Waals surface area (Å²) in [5, 5.41) is 0.478. The molecule has 2 heterocycles. The molecule has 30 heavy (non-hydrogen) atoms. The van der Waals surface area contributed by atoms with Crippen LogP contribution in [0.25, 0.3) is 0 Å². The number of nitrogens with zero attached hydrogens (tertiary/aromatic N) is 3. The Morgan fingerprint density at radius 3 is 2.60 bits per heavy atom. The molecule has 0 aliphatic carbocycles. The monoisotopic (exact) mass is 449 g/mol. The molecule has 0 unspecified atom stereocenters. The van der Waals surface area contributed by atoms with E-state index in [-0.39, 0.29) is 27.9 Å². The van der Waals surface area contributed by atoms with E-state index in [0.29, 0.717) is 36.8 Å². The molecule has 0 radical (unpaired) electrons. The van der Waals surface area contributed by atoms with Crippen molar-refractivity contribution in [3.63, 3.8) is 0 Å². The molecular weight excluding hydrogens is 431 g/mol. The number of anilines is 1. The topological polar surface area (TPSA) is 37.2 Å². The van der Waals surface area contributed by atoms with E-state index in [1.54, 1.807) is 12.1 Å². The van der Waals surface area contributed by atoms with Crippen molar-refractivity contribution in [1.29, 1.82) is 0 Å². The smallest absolute Gasteiger partial charge is 0.135 e. The molecule has 0 fully saturated rings. The van der Waals surface area contributed by atoms with Gasteiger partial charge in [-0.15, -0.1) is 0 Å². The van der Waals surface area contributed by atoms with Gasteiger partial charge in [0.25, 0.3) is 0 Å². The molecule has 2 aromatic carbocycles. The van der Waals surface area contributed by atoms with E-state index in [1.165, 1.54) is 18.2 Å². The van der Waals surface area contributed by atoms with Crippen LogP contribution in [0.15, 0.2) is 52.1 Å². The molecule has 0 saturated heterocycles. The maximum Gasteiger partial charge on any atom is 0.135 e. The second-order valence-electron chi connectivity index (χ2n) is 6.88. The van der Waals surface area contributed by atoms with Crippen molar-refractivity contribution in [2.45, 2.75) is 13.3 Å². The summed E-state index contributed by atoms with van der Waals surface area (Å²) < 4.78 is 34.7. The lowest BCUT2D eigenvalue weighted by molar-refractivity contribution is 0.150. The fourth-order valence-electron chi connectivity index (χ4n) is 3.56. The van der Waals surface area contributed by atoms with E-state index in [0.717, 1.165) is 12.0 Å². The summed E-state index contributed by atoms with van der Waals surface area (Å²) in [6.07, 6.45) is 2.54. The fourth-order valence-corrected chi connectivity index (χ4v) is 3.97. The molecule has 0 spiro atoms. The lowest BCUT2D eigenvalue weighted by atomic mass is 9.98. The first kappa shape index (κ1) is 21.0. The fraction of sp³-hybridized carbons (Fsp3) is 0.273. The van der Waals surface area contributed by atoms with Gasteiger partial charge < -0.3 is 9.64 Å². The van der Waals surface area contributed by atoms with Crippen molar-refractivity contribution in [1.82, 2.24) is 0 Å². The van der Waals surface area contributed by atoms with E-state index in [1.807, 2.05) is 18.0 Å². The predicted octanol–water partition coefficient (Wildman–Crippen LogP) is 5.65. The molecule has 156 valence electrons. The lowest BCUT2D eigenvalue weighted by Crippen LogP contribution is -2.36. The van der Waals surface area contributed by atoms with Crippen molar-refractivity contribution < 1.29 is 13.5 Å². The summed E-state index contributed by atoms with van der Waals surface area (Å²) in [6, 6.07) is 7.15. The Bertz CT molecular complexity index is 1060. The number of halogens is 4. The first-order valence-electron chi connectivity index (χ1n) is 9.58. The summed E-state index contributed by atoms with van der Waals surface area (Å²) in [5.41, 5.74) is 2.02. The van der Waals surface area contributed by atoms with E-state index >= 15 is 0 Å². The molecule has 2 aliphatic rings. The van der Waals surface area contributed by atoms with Gasteiger partial charge in [-0.3, -0.25) is 4.99 Å². The molecule has 0 N–H and O–H groups in total. The van der Waals surface area contributed by atoms with Gasteiger partial charge in [0.2, 0.25) is 0 Å². The minimum atomic E-state index is -0.715. The largest absolute Gasteiger partial charge is 0.381 e. The summed E-state index contributed by atoms with van der Waals surface area (Å²) in [7, 11) is 0. The highest BCUT2D eigenvalue weighted by molar-refractivity contribution is 6.45. The van der Waals surface area contributed by atoms with Gasteiger partial charge >= 0.3 is 0 Å². The minimum absolute atomic E-state index is 0.126. The van der Waals surface area contributed by atoms with Crippen LogP contribution in [0.2, 0.25) is 10.0 Å². The first-order chi connectivity index (χ1) is 14.5. The maximum atomic E-state index is 14.6. The van der Waals surface area contributed by atoms with Crippen LogP contribution >= 0.6 is 23.2 Å². The van der Waals surface area contributed by atoms with Crippen molar-refractivity contribution in [2.75, 3.05) is 31.2 Å². The second-order valence-corrected chi connectivity index (χ2v) is 7.67. The Labute approximate surface area is 183 Å². The van der Waals surface area contributed by atoms with Crippen LogP contribution in [0.4, 0.5) is 14.5 Å². The van der Waals surface area contributed by atoms with Crippen LogP contribution in [0.1, 0.15) is 24.5 Å². The molecule has 8 heteroatoms. The van der Waals surface area contributed by atoms with Crippen LogP contribution in [-0.4, -0.2) is 37.9 Å². The molecular formula is C22H19Cl2F2N3O. The number of hydrogen-bond donors (Lipinski definition) is 0. The zero-order chi connectivity index (χ0) is 21.3. The van der Waals surface area contributed by atoms with Gasteiger partial charge in [-0.1, -0.05) is 29.3 Å². The Balaban J connectivity index is 1.83. The summed E-state index contributed by atoms with van der Waals surface area (Å²) in [6.45, 7) is 3.90. The van der Waals surface area contributed by atoms with Crippen molar-refractivity contribution in [2.24, 2.45) is 9.98 Å². The molecule has 0 aromatic heterocycles. The Hall–Kier alpha value is -2.28. The third-order valence-electron chi connectivity index (χ3n) is 5.02. The standard InChI is InChI=1S/C22H19Cl2F2N3O/c1-2-30-9-8-13-10-27-18-11-28-22(19-15(25)4-3-5-16(19)26)20-17(29(18)12-13)7-6-14(23)21(20)24/h3-7,10H,2,8-9,11-12H2,1H3. The Morgan fingerprint density at radius 2 is 1.87 bits per heavy atom. The van der Waals surface area contributed by atoms with Gasteiger partial charge in [-0.2, -0.15) is 0 Å². The SMILES string of the molecule is CCOCCC1=CN=C2CN=C(c3c(F)cccc3F)c3c(ccc(Cl)c3Cl)N2C1. The minimum Gasteiger partial charge on any atom is -0.381 e. The van der Waals surface area contributed by atoms with Crippen LogP contribution in [-0.2, 0) is 4.74 Å². The lowest BCUT2D eigenvalue weighted by Gasteiger charge is -2.30. The van der Waals surface area contributed by atoms with Crippen molar-refractivity contribution in [3.8, 4) is 0 Å². The molecule has 0 saturated carbocycles. The molecule has 4 nitrogen and oxygen atoms in total. The Kier molecular flexibility index (Phi) is 6.18. The first-order valence-corrected chi connectivity index (χ1v) is 10.3. The summed E-state index contributed by atoms with van der Waals surface area (Å²) >= 11 is 12.8. The molecule has 0 amide bonds. The average molecular weight is 450 g/mol. The summed E-state index contributed by atoms with van der Waals surface area (Å²) in [5.74, 6) is -0.761. The number of amidine groups is 1. The zero-order valence-electron chi connectivity index (χ0n) is 16.3. The number of aliphatic imine (C=N–C) groups is 2. The van der Waals surface area contributed by atoms with Gasteiger partial charge in [0, 0.05) is 24.9 Å². The molecule has 0 atom stereocenters.